The number of ether oxygens (including phenoxy) is 1. The fourth-order valence-electron chi connectivity index (χ4n) is 2.92. The van der Waals surface area contributed by atoms with Gasteiger partial charge in [0.05, 0.1) is 19.0 Å². The van der Waals surface area contributed by atoms with Crippen LogP contribution in [0.3, 0.4) is 0 Å². The number of hydrogen-bond acceptors (Lipinski definition) is 6. The van der Waals surface area contributed by atoms with E-state index in [4.69, 9.17) is 26.6 Å². The van der Waals surface area contributed by atoms with Gasteiger partial charge in [0.1, 0.15) is 34.6 Å². The van der Waals surface area contributed by atoms with E-state index >= 15 is 0 Å². The molecule has 3 rings (SSSR count). The molecule has 8 nitrogen and oxygen atoms in total. The maximum Gasteiger partial charge on any atom is 0.277 e. The zero-order chi connectivity index (χ0) is 23.6. The molecule has 0 aromatic carbocycles. The van der Waals surface area contributed by atoms with Crippen molar-refractivity contribution >= 4 is 17.4 Å². The van der Waals surface area contributed by atoms with Crippen LogP contribution >= 0.6 is 11.6 Å². The molecule has 1 N–H and O–H groups in total. The quantitative estimate of drug-likeness (QED) is 0.341. The molecule has 0 aliphatic heterocycles. The largest absolute Gasteiger partial charge is 0.485 e. The average Bonchev–Trinajstić information content (AvgIpc) is 2.76. The van der Waals surface area contributed by atoms with Crippen molar-refractivity contribution < 1.29 is 18.4 Å². The number of aromatic nitrogens is 3. The molecule has 3 aromatic heterocycles. The van der Waals surface area contributed by atoms with Gasteiger partial charge in [0, 0.05) is 31.1 Å². The smallest absolute Gasteiger partial charge is 0.277 e. The van der Waals surface area contributed by atoms with Gasteiger partial charge in [0.25, 0.3) is 5.56 Å². The Morgan fingerprint density at radius 1 is 1.22 bits per heavy atom. The highest BCUT2D eigenvalue weighted by molar-refractivity contribution is 6.31. The Bertz CT molecular complexity index is 1250. The zero-order valence-electron chi connectivity index (χ0n) is 17.7. The summed E-state index contributed by atoms with van der Waals surface area (Å²) >= 11 is 6.26. The van der Waals surface area contributed by atoms with Crippen molar-refractivity contribution in [2.45, 2.75) is 20.5 Å². The first kappa shape index (κ1) is 23.3. The molecule has 3 aromatic rings. The van der Waals surface area contributed by atoms with E-state index in [2.05, 4.69) is 9.97 Å². The molecule has 11 heteroatoms. The Morgan fingerprint density at radius 3 is 2.59 bits per heavy atom. The Balaban J connectivity index is 1.99. The summed E-state index contributed by atoms with van der Waals surface area (Å²) in [4.78, 5) is 25.9. The second-order valence-electron chi connectivity index (χ2n) is 6.86. The first-order chi connectivity index (χ1) is 15.1. The number of hydrogen-bond donors (Lipinski definition) is 1. The van der Waals surface area contributed by atoms with Gasteiger partial charge in [0.15, 0.2) is 11.7 Å². The number of amidine groups is 1. The lowest BCUT2D eigenvalue weighted by molar-refractivity contribution is -0.0420. The number of hydroxylamine groups is 2. The third-order valence-corrected chi connectivity index (χ3v) is 5.04. The normalized spacial score (nSPS) is 10.8. The summed E-state index contributed by atoms with van der Waals surface area (Å²) in [5.41, 5.74) is 1.23. The summed E-state index contributed by atoms with van der Waals surface area (Å²) < 4.78 is 33.7. The van der Waals surface area contributed by atoms with Crippen molar-refractivity contribution in [2.24, 2.45) is 0 Å². The minimum absolute atomic E-state index is 0.000623. The Labute approximate surface area is 187 Å². The average molecular weight is 464 g/mol. The fraction of sp³-hybridized carbons (Fsp3) is 0.238. The van der Waals surface area contributed by atoms with Crippen LogP contribution in [0, 0.1) is 30.9 Å². The number of rotatable bonds is 6. The molecular weight excluding hydrogens is 444 g/mol. The predicted molar refractivity (Wildman–Crippen MR) is 114 cm³/mol. The summed E-state index contributed by atoms with van der Waals surface area (Å²) in [6.45, 7) is 3.10. The van der Waals surface area contributed by atoms with Gasteiger partial charge >= 0.3 is 0 Å². The molecule has 0 saturated carbocycles. The number of pyridine rings is 3. The van der Waals surface area contributed by atoms with Crippen LogP contribution in [-0.4, -0.2) is 39.6 Å². The van der Waals surface area contributed by atoms with E-state index in [-0.39, 0.29) is 34.6 Å². The zero-order valence-corrected chi connectivity index (χ0v) is 18.5. The van der Waals surface area contributed by atoms with Crippen LogP contribution in [0.15, 0.2) is 35.4 Å². The maximum atomic E-state index is 13.8. The summed E-state index contributed by atoms with van der Waals surface area (Å²) in [6.07, 6.45) is 2.41. The maximum absolute atomic E-state index is 13.8. The second kappa shape index (κ2) is 9.41. The van der Waals surface area contributed by atoms with Crippen molar-refractivity contribution in [1.82, 2.24) is 19.6 Å². The summed E-state index contributed by atoms with van der Waals surface area (Å²) in [5.74, 6) is -1.64. The molecule has 32 heavy (non-hydrogen) atoms. The number of aryl methyl sites for hydroxylation is 2. The highest BCUT2D eigenvalue weighted by Crippen LogP contribution is 2.26. The van der Waals surface area contributed by atoms with Crippen LogP contribution in [0.4, 0.5) is 8.78 Å². The third-order valence-electron chi connectivity index (χ3n) is 4.70. The van der Waals surface area contributed by atoms with Crippen molar-refractivity contribution in [3.05, 3.63) is 80.2 Å². The number of nitrogens with one attached hydrogen (secondary N) is 1. The lowest BCUT2D eigenvalue weighted by Crippen LogP contribution is -2.27. The minimum Gasteiger partial charge on any atom is -0.485 e. The minimum atomic E-state index is -0.866. The summed E-state index contributed by atoms with van der Waals surface area (Å²) in [7, 11) is 2.98. The molecule has 0 spiro atoms. The molecule has 168 valence electrons. The first-order valence-electron chi connectivity index (χ1n) is 9.32. The Morgan fingerprint density at radius 2 is 1.94 bits per heavy atom. The van der Waals surface area contributed by atoms with Gasteiger partial charge in [-0.2, -0.15) is 0 Å². The van der Waals surface area contributed by atoms with Gasteiger partial charge in [-0.25, -0.2) is 13.8 Å². The van der Waals surface area contributed by atoms with Crippen LogP contribution in [0.2, 0.25) is 5.02 Å². The van der Waals surface area contributed by atoms with Crippen molar-refractivity contribution in [3.63, 3.8) is 0 Å². The van der Waals surface area contributed by atoms with Crippen LogP contribution in [0.1, 0.15) is 22.6 Å². The second-order valence-corrected chi connectivity index (χ2v) is 7.24. The van der Waals surface area contributed by atoms with Crippen LogP contribution in [0.5, 0.6) is 5.75 Å². The van der Waals surface area contributed by atoms with Crippen molar-refractivity contribution in [1.29, 1.82) is 5.41 Å². The van der Waals surface area contributed by atoms with Crippen molar-refractivity contribution in [2.75, 3.05) is 14.2 Å². The lowest BCUT2D eigenvalue weighted by atomic mass is 10.2. The van der Waals surface area contributed by atoms with Crippen molar-refractivity contribution in [3.8, 4) is 11.4 Å². The van der Waals surface area contributed by atoms with E-state index in [0.717, 1.165) is 6.20 Å². The number of halogens is 3. The van der Waals surface area contributed by atoms with Gasteiger partial charge in [-0.1, -0.05) is 11.6 Å². The van der Waals surface area contributed by atoms with Crippen LogP contribution in [-0.2, 0) is 11.4 Å². The third kappa shape index (κ3) is 4.61. The first-order valence-corrected chi connectivity index (χ1v) is 9.70. The van der Waals surface area contributed by atoms with E-state index in [0.29, 0.717) is 23.0 Å². The van der Waals surface area contributed by atoms with Gasteiger partial charge in [0.2, 0.25) is 0 Å². The molecule has 0 atom stereocenters. The van der Waals surface area contributed by atoms with Gasteiger partial charge < -0.3 is 4.74 Å². The monoisotopic (exact) mass is 463 g/mol. The van der Waals surface area contributed by atoms with E-state index in [1.807, 2.05) is 0 Å². The number of nitrogens with zero attached hydrogens (tertiary/aromatic N) is 4. The molecule has 0 fully saturated rings. The molecule has 0 aliphatic carbocycles. The molecule has 3 heterocycles. The lowest BCUT2D eigenvalue weighted by Gasteiger charge is -2.19. The Hall–Kier alpha value is -3.37. The highest BCUT2D eigenvalue weighted by Gasteiger charge is 2.18. The summed E-state index contributed by atoms with van der Waals surface area (Å²) in [6, 6.07) is 3.80. The van der Waals surface area contributed by atoms with E-state index in [1.165, 1.54) is 29.0 Å². The van der Waals surface area contributed by atoms with E-state index in [9.17, 15) is 13.6 Å². The van der Waals surface area contributed by atoms with Gasteiger partial charge in [-0.15, -0.1) is 0 Å². The Kier molecular flexibility index (Phi) is 6.85. The molecule has 0 aliphatic rings. The van der Waals surface area contributed by atoms with Gasteiger partial charge in [-0.3, -0.25) is 29.6 Å². The molecular formula is C21H20ClF2N5O3. The van der Waals surface area contributed by atoms with Crippen LogP contribution in [0.25, 0.3) is 5.69 Å². The topological polar surface area (TPSA) is 93.3 Å². The SMILES string of the molecule is CON(C)C(=N)c1cc(-n2c(C)cc(OCc3ncc(F)cc3F)c(Cl)c2=O)c(C)cn1. The molecule has 0 unspecified atom stereocenters. The standard InChI is InChI=1S/C21H20ClF2N5O3/c1-11-8-26-15(20(25)28(3)31-4)7-17(11)29-12(2)5-18(19(22)21(29)30)32-10-16-14(24)6-13(23)9-27-16/h5-9,25H,10H2,1-4H3. The van der Waals surface area contributed by atoms with E-state index < -0.39 is 17.2 Å². The molecule has 0 radical (unpaired) electrons. The molecule has 0 amide bonds. The van der Waals surface area contributed by atoms with E-state index in [1.54, 1.807) is 27.0 Å². The van der Waals surface area contributed by atoms with Gasteiger partial charge in [-0.05, 0) is 25.5 Å². The molecule has 0 saturated heterocycles. The molecule has 0 bridgehead atoms. The fourth-order valence-corrected chi connectivity index (χ4v) is 3.11. The van der Waals surface area contributed by atoms with Crippen LogP contribution < -0.4 is 10.3 Å². The highest BCUT2D eigenvalue weighted by atomic mass is 35.5. The summed E-state index contributed by atoms with van der Waals surface area (Å²) in [5, 5.41) is 9.16. The predicted octanol–water partition coefficient (Wildman–Crippen LogP) is 3.57.